The first-order chi connectivity index (χ1) is 15.7. The molecule has 1 amide bonds. The Kier molecular flexibility index (Phi) is 5.47. The second kappa shape index (κ2) is 8.08. The molecule has 0 radical (unpaired) electrons. The van der Waals surface area contributed by atoms with Crippen LogP contribution in [0.15, 0.2) is 24.3 Å². The first-order valence-electron chi connectivity index (χ1n) is 12.3. The van der Waals surface area contributed by atoms with Gasteiger partial charge in [-0.1, -0.05) is 45.9 Å². The van der Waals surface area contributed by atoms with E-state index in [1.54, 1.807) is 0 Å². The molecule has 2 atom stereocenters. The van der Waals surface area contributed by atoms with Gasteiger partial charge in [-0.05, 0) is 42.7 Å². The third-order valence-electron chi connectivity index (χ3n) is 8.23. The van der Waals surface area contributed by atoms with E-state index in [-0.39, 0.29) is 24.0 Å². The normalized spacial score (nSPS) is 26.3. The van der Waals surface area contributed by atoms with Crippen molar-refractivity contribution < 1.29 is 14.3 Å². The number of hydrogen-bond acceptors (Lipinski definition) is 5. The van der Waals surface area contributed by atoms with Gasteiger partial charge in [-0.15, -0.1) is 0 Å². The Bertz CT molecular complexity index is 1110. The van der Waals surface area contributed by atoms with E-state index < -0.39 is 5.97 Å². The number of piperidine rings is 1. The Morgan fingerprint density at radius 3 is 2.76 bits per heavy atom. The summed E-state index contributed by atoms with van der Waals surface area (Å²) in [4.78, 5) is 35.7. The molecule has 0 N–H and O–H groups in total. The van der Waals surface area contributed by atoms with Crippen molar-refractivity contribution in [1.29, 1.82) is 0 Å². The van der Waals surface area contributed by atoms with Gasteiger partial charge in [0.05, 0.1) is 11.1 Å². The Balaban J connectivity index is 1.38. The highest BCUT2D eigenvalue weighted by Crippen LogP contribution is 2.55. The third kappa shape index (κ3) is 3.92. The molecule has 0 spiro atoms. The molecule has 3 aliphatic rings. The number of carbonyl (C=O) groups is 2. The molecule has 1 saturated heterocycles. The van der Waals surface area contributed by atoms with Gasteiger partial charge < -0.3 is 9.64 Å². The minimum Gasteiger partial charge on any atom is -0.452 e. The van der Waals surface area contributed by atoms with Crippen LogP contribution < -0.4 is 0 Å². The Labute approximate surface area is 196 Å². The first-order valence-corrected chi connectivity index (χ1v) is 12.3. The van der Waals surface area contributed by atoms with Crippen molar-refractivity contribution in [2.24, 2.45) is 10.8 Å². The highest BCUT2D eigenvalue weighted by molar-refractivity contribution is 6.05. The average molecular weight is 450 g/mol. The summed E-state index contributed by atoms with van der Waals surface area (Å²) >= 11 is 0. The van der Waals surface area contributed by atoms with Crippen LogP contribution >= 0.6 is 0 Å². The summed E-state index contributed by atoms with van der Waals surface area (Å²) in [7, 11) is 0. The number of rotatable bonds is 4. The van der Waals surface area contributed by atoms with Crippen LogP contribution in [0.1, 0.15) is 68.6 Å². The van der Waals surface area contributed by atoms with Crippen molar-refractivity contribution in [3.8, 4) is 0 Å². The second-order valence-electron chi connectivity index (χ2n) is 11.2. The number of ether oxygens (including phenoxy) is 1. The molecule has 2 aromatic rings. The summed E-state index contributed by atoms with van der Waals surface area (Å²) in [6.07, 6.45) is 4.00. The van der Waals surface area contributed by atoms with E-state index >= 15 is 0 Å². The smallest absolute Gasteiger partial charge is 0.339 e. The average Bonchev–Trinajstić information content (AvgIpc) is 2.98. The van der Waals surface area contributed by atoms with Crippen LogP contribution in [-0.2, 0) is 22.5 Å². The number of fused-ring (bicyclic) bond motifs is 4. The largest absolute Gasteiger partial charge is 0.452 e. The lowest BCUT2D eigenvalue weighted by Crippen LogP contribution is -2.49. The number of pyridine rings is 1. The van der Waals surface area contributed by atoms with Gasteiger partial charge in [0, 0.05) is 48.7 Å². The molecule has 2 unspecified atom stereocenters. The zero-order chi connectivity index (χ0) is 23.4. The first kappa shape index (κ1) is 22.3. The fourth-order valence-electron chi connectivity index (χ4n) is 6.63. The van der Waals surface area contributed by atoms with Gasteiger partial charge in [0.1, 0.15) is 0 Å². The van der Waals surface area contributed by atoms with Crippen LogP contribution in [0.4, 0.5) is 0 Å². The standard InChI is InChI=1S/C27H35N3O3/c1-5-29-12-10-21-19(15-29)24(18-8-6-7-9-20(18)28-21)25(32)33-16-23(31)30-13-11-27(4)14-22(30)26(2,3)17-27/h6-9,22H,5,10-17H2,1-4H3. The number of likely N-dealkylation sites (N-methyl/N-ethyl adjacent to an activating group) is 1. The Morgan fingerprint density at radius 1 is 1.18 bits per heavy atom. The van der Waals surface area contributed by atoms with Crippen LogP contribution in [0.25, 0.3) is 10.9 Å². The van der Waals surface area contributed by atoms with Gasteiger partial charge >= 0.3 is 5.97 Å². The molecular formula is C27H35N3O3. The van der Waals surface area contributed by atoms with Crippen molar-refractivity contribution in [3.05, 3.63) is 41.1 Å². The summed E-state index contributed by atoms with van der Waals surface area (Å²) in [5, 5.41) is 0.803. The molecule has 1 aliphatic carbocycles. The number of amides is 1. The molecular weight excluding hydrogens is 414 g/mol. The van der Waals surface area contributed by atoms with E-state index in [1.807, 2.05) is 29.2 Å². The number of benzene rings is 1. The molecule has 2 fully saturated rings. The van der Waals surface area contributed by atoms with Crippen LogP contribution in [-0.4, -0.2) is 58.9 Å². The molecule has 1 aromatic heterocycles. The molecule has 1 saturated carbocycles. The highest BCUT2D eigenvalue weighted by Gasteiger charge is 2.53. The van der Waals surface area contributed by atoms with E-state index in [4.69, 9.17) is 9.72 Å². The van der Waals surface area contributed by atoms with Gasteiger partial charge in [-0.2, -0.15) is 0 Å². The van der Waals surface area contributed by atoms with Crippen LogP contribution in [0, 0.1) is 10.8 Å². The van der Waals surface area contributed by atoms with Crippen molar-refractivity contribution in [3.63, 3.8) is 0 Å². The SMILES string of the molecule is CCN1CCc2nc3ccccc3c(C(=O)OCC(=O)N3CCC4(C)CC3C(C)(C)C4)c2C1. The third-order valence-corrected chi connectivity index (χ3v) is 8.23. The zero-order valence-electron chi connectivity index (χ0n) is 20.3. The van der Waals surface area contributed by atoms with E-state index in [0.29, 0.717) is 17.5 Å². The van der Waals surface area contributed by atoms with Crippen molar-refractivity contribution in [2.45, 2.75) is 66.0 Å². The van der Waals surface area contributed by atoms with Crippen LogP contribution in [0.5, 0.6) is 0 Å². The van der Waals surface area contributed by atoms with Gasteiger partial charge in [0.15, 0.2) is 6.61 Å². The zero-order valence-corrected chi connectivity index (χ0v) is 20.3. The fourth-order valence-corrected chi connectivity index (χ4v) is 6.63. The van der Waals surface area contributed by atoms with E-state index in [0.717, 1.165) is 67.5 Å². The molecule has 33 heavy (non-hydrogen) atoms. The summed E-state index contributed by atoms with van der Waals surface area (Å²) in [6.45, 7) is 12.1. The number of likely N-dealkylation sites (tertiary alicyclic amines) is 1. The number of hydrogen-bond donors (Lipinski definition) is 0. The number of carbonyl (C=O) groups excluding carboxylic acids is 2. The summed E-state index contributed by atoms with van der Waals surface area (Å²) in [5.41, 5.74) is 3.72. The minimum absolute atomic E-state index is 0.0761. The molecule has 6 heteroatoms. The van der Waals surface area contributed by atoms with E-state index in [2.05, 4.69) is 32.6 Å². The summed E-state index contributed by atoms with van der Waals surface area (Å²) < 4.78 is 5.71. The van der Waals surface area contributed by atoms with Crippen molar-refractivity contribution in [1.82, 2.24) is 14.8 Å². The summed E-state index contributed by atoms with van der Waals surface area (Å²) in [5.74, 6) is -0.489. The molecule has 1 aromatic carbocycles. The maximum atomic E-state index is 13.4. The maximum Gasteiger partial charge on any atom is 0.339 e. The van der Waals surface area contributed by atoms with Gasteiger partial charge in [-0.3, -0.25) is 14.7 Å². The Morgan fingerprint density at radius 2 is 1.97 bits per heavy atom. The van der Waals surface area contributed by atoms with E-state index in [1.165, 1.54) is 0 Å². The predicted molar refractivity (Wildman–Crippen MR) is 128 cm³/mol. The molecule has 6 nitrogen and oxygen atoms in total. The highest BCUT2D eigenvalue weighted by atomic mass is 16.5. The topological polar surface area (TPSA) is 62.7 Å². The maximum absolute atomic E-state index is 13.4. The fraction of sp³-hybridized carbons (Fsp3) is 0.593. The molecule has 176 valence electrons. The minimum atomic E-state index is -0.413. The number of aromatic nitrogens is 1. The van der Waals surface area contributed by atoms with Crippen molar-refractivity contribution >= 4 is 22.8 Å². The number of nitrogens with zero attached hydrogens (tertiary/aromatic N) is 3. The van der Waals surface area contributed by atoms with Crippen LogP contribution in [0.3, 0.4) is 0 Å². The lowest BCUT2D eigenvalue weighted by molar-refractivity contribution is -0.140. The second-order valence-corrected chi connectivity index (χ2v) is 11.2. The number of para-hydroxylation sites is 1. The van der Waals surface area contributed by atoms with Crippen molar-refractivity contribution in [2.75, 3.05) is 26.2 Å². The van der Waals surface area contributed by atoms with E-state index in [9.17, 15) is 9.59 Å². The molecule has 5 rings (SSSR count). The monoisotopic (exact) mass is 449 g/mol. The predicted octanol–water partition coefficient (Wildman–Crippen LogP) is 4.20. The molecule has 3 heterocycles. The van der Waals surface area contributed by atoms with Gasteiger partial charge in [-0.25, -0.2) is 4.79 Å². The van der Waals surface area contributed by atoms with Crippen LogP contribution in [0.2, 0.25) is 0 Å². The lowest BCUT2D eigenvalue weighted by atomic mass is 9.81. The number of esters is 1. The van der Waals surface area contributed by atoms with Gasteiger partial charge in [0.2, 0.25) is 0 Å². The molecule has 2 aliphatic heterocycles. The Hall–Kier alpha value is -2.47. The lowest BCUT2D eigenvalue weighted by Gasteiger charge is -2.40. The van der Waals surface area contributed by atoms with Gasteiger partial charge in [0.25, 0.3) is 5.91 Å². The quantitative estimate of drug-likeness (QED) is 0.655. The summed E-state index contributed by atoms with van der Waals surface area (Å²) in [6, 6.07) is 7.95. The molecule has 2 bridgehead atoms.